The predicted octanol–water partition coefficient (Wildman–Crippen LogP) is 2.55. The lowest BCUT2D eigenvalue weighted by Gasteiger charge is -2.50. The second-order valence-corrected chi connectivity index (χ2v) is 6.51. The molecule has 0 spiro atoms. The predicted molar refractivity (Wildman–Crippen MR) is 78.4 cm³/mol. The fourth-order valence-electron chi connectivity index (χ4n) is 4.55. The molecular formula is C16H30N2O. The van der Waals surface area contributed by atoms with Gasteiger partial charge in [0.2, 0.25) is 0 Å². The highest BCUT2D eigenvalue weighted by atomic mass is 16.5. The molecule has 0 amide bonds. The average Bonchev–Trinajstić information content (AvgIpc) is 2.48. The van der Waals surface area contributed by atoms with Crippen LogP contribution in [-0.2, 0) is 4.74 Å². The summed E-state index contributed by atoms with van der Waals surface area (Å²) in [4.78, 5) is 2.83. The number of nitrogens with zero attached hydrogens (tertiary/aromatic N) is 1. The summed E-state index contributed by atoms with van der Waals surface area (Å²) >= 11 is 0. The molecule has 2 aliphatic carbocycles. The van der Waals surface area contributed by atoms with Gasteiger partial charge in [0.25, 0.3) is 0 Å². The van der Waals surface area contributed by atoms with E-state index >= 15 is 0 Å². The summed E-state index contributed by atoms with van der Waals surface area (Å²) in [5, 5.41) is 3.74. The van der Waals surface area contributed by atoms with E-state index in [4.69, 9.17) is 4.74 Å². The number of morpholine rings is 1. The average molecular weight is 266 g/mol. The Kier molecular flexibility index (Phi) is 4.78. The molecule has 3 fully saturated rings. The Balaban J connectivity index is 1.70. The quantitative estimate of drug-likeness (QED) is 0.849. The minimum atomic E-state index is 0.534. The van der Waals surface area contributed by atoms with Gasteiger partial charge in [-0.2, -0.15) is 0 Å². The highest BCUT2D eigenvalue weighted by Crippen LogP contribution is 2.33. The highest BCUT2D eigenvalue weighted by Gasteiger charge is 2.40. The number of ether oxygens (including phenoxy) is 1. The summed E-state index contributed by atoms with van der Waals surface area (Å²) in [5.41, 5.74) is 0. The van der Waals surface area contributed by atoms with Crippen LogP contribution in [-0.4, -0.2) is 48.8 Å². The maximum absolute atomic E-state index is 6.04. The Hall–Kier alpha value is -0.120. The highest BCUT2D eigenvalue weighted by molar-refractivity contribution is 4.96. The molecule has 4 unspecified atom stereocenters. The monoisotopic (exact) mass is 266 g/mol. The van der Waals surface area contributed by atoms with Crippen LogP contribution in [0.25, 0.3) is 0 Å². The molecular weight excluding hydrogens is 236 g/mol. The third-order valence-electron chi connectivity index (χ3n) is 5.40. The molecule has 3 aliphatic rings. The van der Waals surface area contributed by atoms with Crippen LogP contribution in [0, 0.1) is 0 Å². The summed E-state index contributed by atoms with van der Waals surface area (Å²) < 4.78 is 6.04. The van der Waals surface area contributed by atoms with Crippen molar-refractivity contribution in [1.29, 1.82) is 0 Å². The van der Waals surface area contributed by atoms with Gasteiger partial charge in [-0.25, -0.2) is 0 Å². The first-order valence-electron chi connectivity index (χ1n) is 8.51. The second-order valence-electron chi connectivity index (χ2n) is 6.51. The molecule has 2 saturated carbocycles. The van der Waals surface area contributed by atoms with Crippen LogP contribution in [0.15, 0.2) is 0 Å². The molecule has 1 heterocycles. The summed E-state index contributed by atoms with van der Waals surface area (Å²) in [6.45, 7) is 5.47. The molecule has 1 N–H and O–H groups in total. The normalized spacial score (nSPS) is 40.9. The zero-order valence-electron chi connectivity index (χ0n) is 12.4. The first-order chi connectivity index (χ1) is 9.40. The van der Waals surface area contributed by atoms with Crippen molar-refractivity contribution in [2.45, 2.75) is 82.5 Å². The molecule has 0 bridgehead atoms. The zero-order valence-corrected chi connectivity index (χ0v) is 12.4. The summed E-state index contributed by atoms with van der Waals surface area (Å²) in [7, 11) is 0. The molecule has 0 radical (unpaired) electrons. The van der Waals surface area contributed by atoms with E-state index in [1.165, 1.54) is 51.4 Å². The van der Waals surface area contributed by atoms with E-state index in [1.54, 1.807) is 0 Å². The van der Waals surface area contributed by atoms with Crippen LogP contribution in [0.1, 0.15) is 58.3 Å². The number of fused-ring (bicyclic) bond motifs is 1. The number of rotatable bonds is 3. The molecule has 0 aromatic rings. The minimum Gasteiger partial charge on any atom is -0.375 e. The molecule has 3 rings (SSSR count). The summed E-state index contributed by atoms with van der Waals surface area (Å²) in [6.07, 6.45) is 11.5. The van der Waals surface area contributed by atoms with Crippen molar-refractivity contribution in [1.82, 2.24) is 10.2 Å². The largest absolute Gasteiger partial charge is 0.375 e. The van der Waals surface area contributed by atoms with E-state index in [1.807, 2.05) is 0 Å². The molecule has 3 heteroatoms. The molecule has 1 saturated heterocycles. The first-order valence-corrected chi connectivity index (χ1v) is 8.51. The lowest BCUT2D eigenvalue weighted by molar-refractivity contribution is -0.110. The van der Waals surface area contributed by atoms with Crippen LogP contribution in [0.5, 0.6) is 0 Å². The van der Waals surface area contributed by atoms with Crippen molar-refractivity contribution in [2.75, 3.05) is 19.7 Å². The molecule has 110 valence electrons. The molecule has 3 nitrogen and oxygen atoms in total. The SMILES string of the molecule is CCNC1CCCCC1N1CCOC2CCCCC21. The van der Waals surface area contributed by atoms with Crippen molar-refractivity contribution >= 4 is 0 Å². The van der Waals surface area contributed by atoms with Gasteiger partial charge in [0, 0.05) is 24.7 Å². The zero-order chi connectivity index (χ0) is 13.1. The Labute approximate surface area is 118 Å². The second kappa shape index (κ2) is 6.55. The van der Waals surface area contributed by atoms with Crippen molar-refractivity contribution in [3.05, 3.63) is 0 Å². The van der Waals surface area contributed by atoms with Crippen LogP contribution in [0.2, 0.25) is 0 Å². The molecule has 4 atom stereocenters. The Morgan fingerprint density at radius 3 is 2.58 bits per heavy atom. The van der Waals surface area contributed by atoms with Gasteiger partial charge >= 0.3 is 0 Å². The van der Waals surface area contributed by atoms with E-state index in [0.29, 0.717) is 12.1 Å². The van der Waals surface area contributed by atoms with Gasteiger partial charge in [0.05, 0.1) is 12.7 Å². The van der Waals surface area contributed by atoms with Crippen molar-refractivity contribution in [3.8, 4) is 0 Å². The third kappa shape index (κ3) is 2.98. The third-order valence-corrected chi connectivity index (χ3v) is 5.40. The van der Waals surface area contributed by atoms with Gasteiger partial charge in [-0.3, -0.25) is 4.90 Å². The van der Waals surface area contributed by atoms with Crippen molar-refractivity contribution < 1.29 is 4.74 Å². The smallest absolute Gasteiger partial charge is 0.0731 e. The van der Waals surface area contributed by atoms with Gasteiger partial charge < -0.3 is 10.1 Å². The van der Waals surface area contributed by atoms with Crippen LogP contribution in [0.4, 0.5) is 0 Å². The molecule has 0 aromatic carbocycles. The lowest BCUT2D eigenvalue weighted by Crippen LogP contribution is -2.61. The van der Waals surface area contributed by atoms with E-state index in [-0.39, 0.29) is 0 Å². The fourth-order valence-corrected chi connectivity index (χ4v) is 4.55. The topological polar surface area (TPSA) is 24.5 Å². The van der Waals surface area contributed by atoms with Crippen LogP contribution >= 0.6 is 0 Å². The number of likely N-dealkylation sites (N-methyl/N-ethyl adjacent to an activating group) is 1. The Morgan fingerprint density at radius 2 is 1.74 bits per heavy atom. The van der Waals surface area contributed by atoms with Crippen LogP contribution < -0.4 is 5.32 Å². The Morgan fingerprint density at radius 1 is 1.00 bits per heavy atom. The van der Waals surface area contributed by atoms with Gasteiger partial charge in [0.15, 0.2) is 0 Å². The fraction of sp³-hybridized carbons (Fsp3) is 1.00. The number of hydrogen-bond acceptors (Lipinski definition) is 3. The van der Waals surface area contributed by atoms with Crippen molar-refractivity contribution in [3.63, 3.8) is 0 Å². The summed E-state index contributed by atoms with van der Waals surface area (Å²) in [5.74, 6) is 0. The van der Waals surface area contributed by atoms with Gasteiger partial charge in [-0.05, 0) is 32.2 Å². The van der Waals surface area contributed by atoms with E-state index in [9.17, 15) is 0 Å². The maximum Gasteiger partial charge on any atom is 0.0731 e. The number of hydrogen-bond donors (Lipinski definition) is 1. The van der Waals surface area contributed by atoms with E-state index in [0.717, 1.165) is 31.8 Å². The van der Waals surface area contributed by atoms with E-state index in [2.05, 4.69) is 17.1 Å². The minimum absolute atomic E-state index is 0.534. The van der Waals surface area contributed by atoms with Crippen molar-refractivity contribution in [2.24, 2.45) is 0 Å². The first kappa shape index (κ1) is 13.8. The Bertz CT molecular complexity index is 280. The molecule has 1 aliphatic heterocycles. The molecule has 19 heavy (non-hydrogen) atoms. The van der Waals surface area contributed by atoms with E-state index < -0.39 is 0 Å². The maximum atomic E-state index is 6.04. The van der Waals surface area contributed by atoms with Crippen LogP contribution in [0.3, 0.4) is 0 Å². The standard InChI is InChI=1S/C16H30N2O/c1-2-17-13-7-3-4-8-14(13)18-11-12-19-16-10-6-5-9-15(16)18/h13-17H,2-12H2,1H3. The lowest BCUT2D eigenvalue weighted by atomic mass is 9.84. The van der Waals surface area contributed by atoms with Gasteiger partial charge in [-0.1, -0.05) is 32.6 Å². The molecule has 0 aromatic heterocycles. The number of nitrogens with one attached hydrogen (secondary N) is 1. The summed E-state index contributed by atoms with van der Waals surface area (Å²) in [6, 6.07) is 2.20. The van der Waals surface area contributed by atoms with Gasteiger partial charge in [0.1, 0.15) is 0 Å². The van der Waals surface area contributed by atoms with Gasteiger partial charge in [-0.15, -0.1) is 0 Å².